The molecule has 8 heteroatoms. The topological polar surface area (TPSA) is 74.6 Å². The first-order valence-corrected chi connectivity index (χ1v) is 8.63. The van der Waals surface area contributed by atoms with Crippen LogP contribution in [-0.4, -0.2) is 41.8 Å². The molecule has 2 heterocycles. The van der Waals surface area contributed by atoms with Crippen LogP contribution in [0.2, 0.25) is 5.02 Å². The zero-order chi connectivity index (χ0) is 17.7. The van der Waals surface area contributed by atoms with Crippen molar-refractivity contribution >= 4 is 34.2 Å². The van der Waals surface area contributed by atoms with Crippen LogP contribution >= 0.6 is 11.6 Å². The number of halogens is 2. The Balaban J connectivity index is 2.02. The molecule has 2 aromatic rings. The third-order valence-corrected chi connectivity index (χ3v) is 5.18. The van der Waals surface area contributed by atoms with Gasteiger partial charge in [-0.05, 0) is 25.0 Å². The highest BCUT2D eigenvalue weighted by Crippen LogP contribution is 2.42. The van der Waals surface area contributed by atoms with Crippen molar-refractivity contribution < 1.29 is 14.3 Å². The molecule has 0 amide bonds. The smallest absolute Gasteiger partial charge is 0.344 e. The van der Waals surface area contributed by atoms with Crippen LogP contribution in [0.5, 0.6) is 0 Å². The Labute approximate surface area is 147 Å². The maximum absolute atomic E-state index is 14.9. The van der Waals surface area contributed by atoms with Gasteiger partial charge in [-0.1, -0.05) is 11.6 Å². The van der Waals surface area contributed by atoms with E-state index in [0.717, 1.165) is 44.7 Å². The molecule has 1 aromatic carbocycles. The Bertz CT molecular complexity index is 933. The summed E-state index contributed by atoms with van der Waals surface area (Å²) in [6.45, 7) is 3.15. The van der Waals surface area contributed by atoms with Crippen molar-refractivity contribution in [2.24, 2.45) is 0 Å². The molecule has 1 aliphatic heterocycles. The molecule has 4 rings (SSSR count). The summed E-state index contributed by atoms with van der Waals surface area (Å²) in [7, 11) is 0. The lowest BCUT2D eigenvalue weighted by Crippen LogP contribution is -2.43. The van der Waals surface area contributed by atoms with E-state index in [2.05, 4.69) is 10.2 Å². The fourth-order valence-corrected chi connectivity index (χ4v) is 3.81. The normalized spacial score (nSPS) is 17.9. The summed E-state index contributed by atoms with van der Waals surface area (Å²) in [6, 6.07) is 3.13. The lowest BCUT2D eigenvalue weighted by Gasteiger charge is -2.30. The zero-order valence-electron chi connectivity index (χ0n) is 13.4. The van der Waals surface area contributed by atoms with Gasteiger partial charge in [-0.15, -0.1) is 0 Å². The molecule has 25 heavy (non-hydrogen) atoms. The first-order valence-electron chi connectivity index (χ1n) is 8.26. The highest BCUT2D eigenvalue weighted by atomic mass is 35.5. The van der Waals surface area contributed by atoms with Crippen molar-refractivity contribution in [3.8, 4) is 0 Å². The van der Waals surface area contributed by atoms with Crippen LogP contribution in [0, 0.1) is 5.95 Å². The summed E-state index contributed by atoms with van der Waals surface area (Å²) in [4.78, 5) is 26.0. The number of carboxylic acid groups (broad SMARTS) is 1. The second kappa shape index (κ2) is 6.00. The van der Waals surface area contributed by atoms with Crippen molar-refractivity contribution in [1.29, 1.82) is 0 Å². The van der Waals surface area contributed by atoms with Crippen LogP contribution < -0.4 is 15.6 Å². The Morgan fingerprint density at radius 2 is 1.96 bits per heavy atom. The average molecular weight is 366 g/mol. The van der Waals surface area contributed by atoms with Gasteiger partial charge in [0.25, 0.3) is 0 Å². The van der Waals surface area contributed by atoms with Crippen LogP contribution in [-0.2, 0) is 0 Å². The van der Waals surface area contributed by atoms with Crippen LogP contribution in [0.1, 0.15) is 29.2 Å². The molecule has 2 N–H and O–H groups in total. The number of hydrogen-bond donors (Lipinski definition) is 2. The number of aromatic carboxylic acids is 1. The summed E-state index contributed by atoms with van der Waals surface area (Å²) >= 11 is 6.59. The summed E-state index contributed by atoms with van der Waals surface area (Å²) < 4.78 is 16.2. The molecule has 0 atom stereocenters. The first-order chi connectivity index (χ1) is 12.0. The number of carbonyl (C=O) groups is 1. The molecule has 132 valence electrons. The summed E-state index contributed by atoms with van der Waals surface area (Å²) in [5.74, 6) is -2.56. The van der Waals surface area contributed by atoms with E-state index < -0.39 is 22.9 Å². The molecule has 1 saturated carbocycles. The average Bonchev–Trinajstić information content (AvgIpc) is 3.41. The van der Waals surface area contributed by atoms with Crippen molar-refractivity contribution in [3.05, 3.63) is 38.9 Å². The third kappa shape index (κ3) is 2.58. The predicted octanol–water partition coefficient (Wildman–Crippen LogP) is 2.24. The highest BCUT2D eigenvalue weighted by Gasteiger charge is 2.33. The molecule has 0 unspecified atom stereocenters. The standard InChI is InChI=1S/C17H17ClFN3O3/c18-13-11(21-7-5-20-6-8-21)4-3-10-14(13)22(9-1-2-9)16(19)12(15(10)23)17(24)25/h3-4,9,20H,1-2,5-8H2,(H,24,25). The fourth-order valence-electron chi connectivity index (χ4n) is 3.43. The number of fused-ring (bicyclic) bond motifs is 1. The van der Waals surface area contributed by atoms with E-state index in [1.54, 1.807) is 12.1 Å². The van der Waals surface area contributed by atoms with Gasteiger partial charge in [0.05, 0.1) is 16.2 Å². The maximum atomic E-state index is 14.9. The minimum absolute atomic E-state index is 0.148. The van der Waals surface area contributed by atoms with E-state index in [1.165, 1.54) is 4.57 Å². The molecular weight excluding hydrogens is 349 g/mol. The lowest BCUT2D eigenvalue weighted by atomic mass is 10.1. The van der Waals surface area contributed by atoms with Crippen molar-refractivity contribution in [2.45, 2.75) is 18.9 Å². The number of carboxylic acids is 1. The summed E-state index contributed by atoms with van der Waals surface area (Å²) in [5.41, 5.74) is -0.601. The van der Waals surface area contributed by atoms with Crippen LogP contribution in [0.4, 0.5) is 10.1 Å². The van der Waals surface area contributed by atoms with E-state index in [-0.39, 0.29) is 11.4 Å². The van der Waals surface area contributed by atoms with Gasteiger partial charge in [0.2, 0.25) is 11.4 Å². The monoisotopic (exact) mass is 365 g/mol. The van der Waals surface area contributed by atoms with E-state index in [0.29, 0.717) is 10.5 Å². The molecule has 0 radical (unpaired) electrons. The van der Waals surface area contributed by atoms with E-state index in [9.17, 15) is 19.1 Å². The number of hydrogen-bond acceptors (Lipinski definition) is 4. The zero-order valence-corrected chi connectivity index (χ0v) is 14.1. The van der Waals surface area contributed by atoms with Gasteiger partial charge in [-0.25, -0.2) is 4.79 Å². The van der Waals surface area contributed by atoms with Crippen LogP contribution in [0.15, 0.2) is 16.9 Å². The van der Waals surface area contributed by atoms with Crippen molar-refractivity contribution in [2.75, 3.05) is 31.1 Å². The second-order valence-corrected chi connectivity index (χ2v) is 6.81. The molecule has 1 aliphatic carbocycles. The maximum Gasteiger partial charge on any atom is 0.344 e. The van der Waals surface area contributed by atoms with E-state index >= 15 is 0 Å². The number of benzene rings is 1. The molecule has 1 aromatic heterocycles. The van der Waals surface area contributed by atoms with Gasteiger partial charge >= 0.3 is 5.97 Å². The molecular formula is C17H17ClFN3O3. The lowest BCUT2D eigenvalue weighted by molar-refractivity contribution is 0.0688. The van der Waals surface area contributed by atoms with Gasteiger partial charge in [0, 0.05) is 37.6 Å². The number of rotatable bonds is 3. The quantitative estimate of drug-likeness (QED) is 0.816. The van der Waals surface area contributed by atoms with Gasteiger partial charge in [0.15, 0.2) is 5.56 Å². The number of anilines is 1. The number of nitrogens with zero attached hydrogens (tertiary/aromatic N) is 2. The molecule has 2 aliphatic rings. The largest absolute Gasteiger partial charge is 0.477 e. The second-order valence-electron chi connectivity index (χ2n) is 6.43. The molecule has 0 spiro atoms. The highest BCUT2D eigenvalue weighted by molar-refractivity contribution is 6.38. The van der Waals surface area contributed by atoms with Crippen molar-refractivity contribution in [3.63, 3.8) is 0 Å². The Kier molecular flexibility index (Phi) is 3.92. The van der Waals surface area contributed by atoms with Crippen LogP contribution in [0.3, 0.4) is 0 Å². The number of nitrogens with one attached hydrogen (secondary N) is 1. The van der Waals surface area contributed by atoms with Crippen molar-refractivity contribution in [1.82, 2.24) is 9.88 Å². The molecule has 0 bridgehead atoms. The summed E-state index contributed by atoms with van der Waals surface area (Å²) in [6.07, 6.45) is 1.48. The number of piperazine rings is 1. The Morgan fingerprint density at radius 3 is 2.56 bits per heavy atom. The van der Waals surface area contributed by atoms with Gasteiger partial charge in [-0.2, -0.15) is 4.39 Å². The summed E-state index contributed by atoms with van der Waals surface area (Å²) in [5, 5.41) is 13.0. The first kappa shape index (κ1) is 16.4. The van der Waals surface area contributed by atoms with E-state index in [1.807, 2.05) is 0 Å². The Morgan fingerprint density at radius 1 is 1.28 bits per heavy atom. The fraction of sp³-hybridized carbons (Fsp3) is 0.412. The minimum Gasteiger partial charge on any atom is -0.477 e. The SMILES string of the molecule is O=C(O)c1c(F)n(C2CC2)c2c(Cl)c(N3CCNCC3)ccc2c1=O. The van der Waals surface area contributed by atoms with Gasteiger partial charge in [0.1, 0.15) is 0 Å². The molecule has 6 nitrogen and oxygen atoms in total. The van der Waals surface area contributed by atoms with Crippen LogP contribution in [0.25, 0.3) is 10.9 Å². The Hall–Kier alpha value is -2.12. The molecule has 2 fully saturated rings. The van der Waals surface area contributed by atoms with E-state index in [4.69, 9.17) is 11.6 Å². The minimum atomic E-state index is -1.55. The molecule has 1 saturated heterocycles. The number of aromatic nitrogens is 1. The third-order valence-electron chi connectivity index (χ3n) is 4.81. The van der Waals surface area contributed by atoms with Gasteiger partial charge in [-0.3, -0.25) is 4.79 Å². The van der Waals surface area contributed by atoms with Gasteiger partial charge < -0.3 is 19.9 Å². The predicted molar refractivity (Wildman–Crippen MR) is 93.5 cm³/mol. The number of pyridine rings is 1.